The fourth-order valence-corrected chi connectivity index (χ4v) is 1.18. The van der Waals surface area contributed by atoms with Crippen LogP contribution in [0.3, 0.4) is 0 Å². The molecule has 0 aromatic heterocycles. The Labute approximate surface area is 75.4 Å². The number of fused-ring (bicyclic) bond motifs is 1. The van der Waals surface area contributed by atoms with Gasteiger partial charge in [0.15, 0.2) is 0 Å². The zero-order valence-corrected chi connectivity index (χ0v) is 6.87. The minimum atomic E-state index is -0.470. The molecule has 1 aliphatic heterocycles. The van der Waals surface area contributed by atoms with Crippen LogP contribution in [-0.4, -0.2) is 5.91 Å². The molecule has 0 atom stereocenters. The third-order valence-electron chi connectivity index (χ3n) is 1.83. The molecule has 4 nitrogen and oxygen atoms in total. The second kappa shape index (κ2) is 2.82. The summed E-state index contributed by atoms with van der Waals surface area (Å²) in [5.41, 5.74) is 7.29. The Balaban J connectivity index is 2.33. The van der Waals surface area contributed by atoms with Crippen molar-refractivity contribution < 1.29 is 4.79 Å². The molecule has 1 aromatic rings. The molecule has 1 amide bonds. The van der Waals surface area contributed by atoms with Crippen LogP contribution in [0.25, 0.3) is 0 Å². The van der Waals surface area contributed by atoms with Gasteiger partial charge in [0.25, 0.3) is 5.91 Å². The molecular weight excluding hydrogens is 166 g/mol. The number of anilines is 2. The largest absolute Gasteiger partial charge is 0.364 e. The number of nitrogens with two attached hydrogens (primary N) is 1. The first kappa shape index (κ1) is 7.67. The highest BCUT2D eigenvalue weighted by Crippen LogP contribution is 2.25. The van der Waals surface area contributed by atoms with E-state index in [0.717, 1.165) is 11.4 Å². The van der Waals surface area contributed by atoms with Crippen LogP contribution in [0.15, 0.2) is 36.2 Å². The topological polar surface area (TPSA) is 67.2 Å². The van der Waals surface area contributed by atoms with Gasteiger partial charge in [-0.05, 0) is 12.1 Å². The van der Waals surface area contributed by atoms with E-state index in [1.807, 2.05) is 24.3 Å². The average Bonchev–Trinajstić information content (AvgIpc) is 2.17. The number of hydrogen-bond donors (Lipinski definition) is 3. The lowest BCUT2D eigenvalue weighted by Gasteiger charge is -2.17. The van der Waals surface area contributed by atoms with Crippen LogP contribution in [0.5, 0.6) is 0 Å². The number of carbonyl (C=O) groups excluding carboxylic acids is 1. The van der Waals surface area contributed by atoms with E-state index >= 15 is 0 Å². The first-order valence-electron chi connectivity index (χ1n) is 3.90. The van der Waals surface area contributed by atoms with Crippen LogP contribution >= 0.6 is 0 Å². The minimum Gasteiger partial charge on any atom is -0.364 e. The van der Waals surface area contributed by atoms with Crippen molar-refractivity contribution in [1.29, 1.82) is 0 Å². The fraction of sp³-hybridized carbons (Fsp3) is 0. The van der Waals surface area contributed by atoms with Crippen LogP contribution in [-0.2, 0) is 4.79 Å². The molecule has 4 N–H and O–H groups in total. The highest BCUT2D eigenvalue weighted by Gasteiger charge is 2.11. The lowest BCUT2D eigenvalue weighted by Crippen LogP contribution is -2.23. The van der Waals surface area contributed by atoms with Crippen LogP contribution in [0.4, 0.5) is 11.4 Å². The van der Waals surface area contributed by atoms with Crippen molar-refractivity contribution in [1.82, 2.24) is 0 Å². The van der Waals surface area contributed by atoms with Crippen molar-refractivity contribution in [2.45, 2.75) is 0 Å². The number of carbonyl (C=O) groups is 1. The molecule has 0 radical (unpaired) electrons. The highest BCUT2D eigenvalue weighted by molar-refractivity contribution is 5.97. The third-order valence-corrected chi connectivity index (χ3v) is 1.83. The molecule has 0 saturated carbocycles. The van der Waals surface area contributed by atoms with E-state index in [-0.39, 0.29) is 0 Å². The van der Waals surface area contributed by atoms with E-state index in [9.17, 15) is 4.79 Å². The van der Waals surface area contributed by atoms with E-state index in [1.165, 1.54) is 0 Å². The van der Waals surface area contributed by atoms with Gasteiger partial charge in [-0.15, -0.1) is 0 Å². The van der Waals surface area contributed by atoms with Crippen LogP contribution in [0.1, 0.15) is 0 Å². The van der Waals surface area contributed by atoms with E-state index in [2.05, 4.69) is 10.6 Å². The number of hydrogen-bond acceptors (Lipinski definition) is 3. The van der Waals surface area contributed by atoms with Crippen molar-refractivity contribution in [3.63, 3.8) is 0 Å². The summed E-state index contributed by atoms with van der Waals surface area (Å²) >= 11 is 0. The van der Waals surface area contributed by atoms with Gasteiger partial charge in [0.2, 0.25) is 0 Å². The predicted molar refractivity (Wildman–Crippen MR) is 51.0 cm³/mol. The minimum absolute atomic E-state index is 0.374. The second-order valence-corrected chi connectivity index (χ2v) is 2.74. The Hall–Kier alpha value is -1.97. The van der Waals surface area contributed by atoms with Crippen molar-refractivity contribution >= 4 is 17.3 Å². The van der Waals surface area contributed by atoms with Gasteiger partial charge in [0.05, 0.1) is 11.4 Å². The maximum absolute atomic E-state index is 10.8. The lowest BCUT2D eigenvalue weighted by molar-refractivity contribution is -0.114. The molecule has 13 heavy (non-hydrogen) atoms. The first-order chi connectivity index (χ1) is 6.27. The van der Waals surface area contributed by atoms with Gasteiger partial charge in [0.1, 0.15) is 5.70 Å². The molecule has 1 heterocycles. The standard InChI is InChI=1S/C9H9N3O/c10-9(13)8-5-11-6-3-1-2-4-7(6)12-8/h1-5,11-12H,(H2,10,13). The summed E-state index contributed by atoms with van der Waals surface area (Å²) < 4.78 is 0. The van der Waals surface area contributed by atoms with Gasteiger partial charge in [0, 0.05) is 6.20 Å². The van der Waals surface area contributed by atoms with Gasteiger partial charge >= 0.3 is 0 Å². The summed E-state index contributed by atoms with van der Waals surface area (Å²) in [4.78, 5) is 10.8. The summed E-state index contributed by atoms with van der Waals surface area (Å²) in [6.45, 7) is 0. The molecule has 0 aliphatic carbocycles. The molecular formula is C9H9N3O. The van der Waals surface area contributed by atoms with Gasteiger partial charge in [-0.2, -0.15) is 0 Å². The summed E-state index contributed by atoms with van der Waals surface area (Å²) in [6.07, 6.45) is 1.56. The molecule has 66 valence electrons. The van der Waals surface area contributed by atoms with Crippen molar-refractivity contribution in [2.24, 2.45) is 5.73 Å². The summed E-state index contributed by atoms with van der Waals surface area (Å²) in [6, 6.07) is 7.59. The first-order valence-corrected chi connectivity index (χ1v) is 3.90. The summed E-state index contributed by atoms with van der Waals surface area (Å²) in [5, 5.41) is 5.89. The van der Waals surface area contributed by atoms with Crippen molar-refractivity contribution in [3.8, 4) is 0 Å². The summed E-state index contributed by atoms with van der Waals surface area (Å²) in [7, 11) is 0. The number of benzene rings is 1. The number of amides is 1. The molecule has 1 aromatic carbocycles. The molecule has 2 rings (SSSR count). The molecule has 0 bridgehead atoms. The summed E-state index contributed by atoms with van der Waals surface area (Å²) in [5.74, 6) is -0.470. The Morgan fingerprint density at radius 2 is 1.92 bits per heavy atom. The average molecular weight is 175 g/mol. The maximum atomic E-state index is 10.8. The van der Waals surface area contributed by atoms with Gasteiger partial charge in [-0.25, -0.2) is 0 Å². The Morgan fingerprint density at radius 3 is 2.62 bits per heavy atom. The Morgan fingerprint density at radius 1 is 1.23 bits per heavy atom. The molecule has 4 heteroatoms. The zero-order valence-electron chi connectivity index (χ0n) is 6.87. The Bertz CT molecular complexity index is 384. The van der Waals surface area contributed by atoms with Gasteiger partial charge in [-0.3, -0.25) is 4.79 Å². The van der Waals surface area contributed by atoms with Gasteiger partial charge < -0.3 is 16.4 Å². The number of para-hydroxylation sites is 2. The van der Waals surface area contributed by atoms with E-state index in [4.69, 9.17) is 5.73 Å². The number of nitrogens with one attached hydrogen (secondary N) is 2. The normalized spacial score (nSPS) is 13.4. The van der Waals surface area contributed by atoms with E-state index in [1.54, 1.807) is 6.20 Å². The fourth-order valence-electron chi connectivity index (χ4n) is 1.18. The van der Waals surface area contributed by atoms with Crippen LogP contribution in [0.2, 0.25) is 0 Å². The molecule has 0 unspecified atom stereocenters. The third kappa shape index (κ3) is 1.33. The molecule has 1 aliphatic rings. The zero-order chi connectivity index (χ0) is 9.26. The Kier molecular flexibility index (Phi) is 1.66. The van der Waals surface area contributed by atoms with Crippen LogP contribution < -0.4 is 16.4 Å². The highest BCUT2D eigenvalue weighted by atomic mass is 16.1. The van der Waals surface area contributed by atoms with E-state index in [0.29, 0.717) is 5.70 Å². The maximum Gasteiger partial charge on any atom is 0.266 e. The van der Waals surface area contributed by atoms with Crippen molar-refractivity contribution in [2.75, 3.05) is 10.6 Å². The van der Waals surface area contributed by atoms with Crippen LogP contribution in [0, 0.1) is 0 Å². The smallest absolute Gasteiger partial charge is 0.266 e. The predicted octanol–water partition coefficient (Wildman–Crippen LogP) is 0.851. The molecule has 0 spiro atoms. The monoisotopic (exact) mass is 175 g/mol. The molecule has 0 saturated heterocycles. The quantitative estimate of drug-likeness (QED) is 0.592. The number of primary amides is 1. The SMILES string of the molecule is NC(=O)C1=CNc2ccccc2N1. The lowest BCUT2D eigenvalue weighted by atomic mass is 10.2. The van der Waals surface area contributed by atoms with Gasteiger partial charge in [-0.1, -0.05) is 12.1 Å². The second-order valence-electron chi connectivity index (χ2n) is 2.74. The number of rotatable bonds is 1. The van der Waals surface area contributed by atoms with E-state index < -0.39 is 5.91 Å². The van der Waals surface area contributed by atoms with Crippen molar-refractivity contribution in [3.05, 3.63) is 36.2 Å². The molecule has 0 fully saturated rings.